The first kappa shape index (κ1) is 18.9. The second-order valence-electron chi connectivity index (χ2n) is 6.57. The molecule has 148 valence electrons. The van der Waals surface area contributed by atoms with E-state index in [2.05, 4.69) is 19.9 Å². The summed E-state index contributed by atoms with van der Waals surface area (Å²) < 4.78 is 46.5. The summed E-state index contributed by atoms with van der Waals surface area (Å²) in [5.74, 6) is -0.0480. The minimum atomic E-state index is -3.79. The SMILES string of the molecule is Cc1ccc(NS(=O)(=O)c2c[nH]c(-c3nnc(-c4ccc(F)cc4)o3)c2)cc1C. The minimum Gasteiger partial charge on any atom is -0.415 e. The Hall–Kier alpha value is -3.46. The first-order valence-corrected chi connectivity index (χ1v) is 10.2. The summed E-state index contributed by atoms with van der Waals surface area (Å²) in [7, 11) is -3.79. The second-order valence-corrected chi connectivity index (χ2v) is 8.26. The summed E-state index contributed by atoms with van der Waals surface area (Å²) in [6.45, 7) is 3.87. The van der Waals surface area contributed by atoms with Crippen LogP contribution >= 0.6 is 0 Å². The molecule has 9 heteroatoms. The van der Waals surface area contributed by atoms with Gasteiger partial charge in [0.15, 0.2) is 0 Å². The molecule has 0 aliphatic rings. The summed E-state index contributed by atoms with van der Waals surface area (Å²) in [5.41, 5.74) is 3.45. The normalized spacial score (nSPS) is 11.6. The highest BCUT2D eigenvalue weighted by molar-refractivity contribution is 7.92. The van der Waals surface area contributed by atoms with Crippen LogP contribution in [0.4, 0.5) is 10.1 Å². The molecule has 0 saturated heterocycles. The number of aromatic nitrogens is 3. The molecule has 0 fully saturated rings. The molecule has 2 aromatic heterocycles. The standard InChI is InChI=1S/C20H17FN4O3S/c1-12-3-8-16(9-13(12)2)25-29(26,27)17-10-18(22-11-17)20-24-23-19(28-20)14-4-6-15(21)7-5-14/h3-11,22,25H,1-2H3. The Kier molecular flexibility index (Phi) is 4.67. The van der Waals surface area contributed by atoms with Crippen LogP contribution in [0, 0.1) is 19.7 Å². The summed E-state index contributed by atoms with van der Waals surface area (Å²) in [4.78, 5) is 2.87. The molecular formula is C20H17FN4O3S. The van der Waals surface area contributed by atoms with Gasteiger partial charge in [-0.15, -0.1) is 10.2 Å². The van der Waals surface area contributed by atoms with E-state index >= 15 is 0 Å². The quantitative estimate of drug-likeness (QED) is 0.509. The molecule has 0 unspecified atom stereocenters. The Morgan fingerprint density at radius 3 is 2.41 bits per heavy atom. The number of aromatic amines is 1. The van der Waals surface area contributed by atoms with Crippen LogP contribution in [0.2, 0.25) is 0 Å². The van der Waals surface area contributed by atoms with Crippen molar-refractivity contribution < 1.29 is 17.2 Å². The van der Waals surface area contributed by atoms with E-state index in [1.165, 1.54) is 36.5 Å². The molecule has 0 saturated carbocycles. The van der Waals surface area contributed by atoms with E-state index in [0.717, 1.165) is 11.1 Å². The maximum Gasteiger partial charge on any atom is 0.264 e. The fraction of sp³-hybridized carbons (Fsp3) is 0.100. The minimum absolute atomic E-state index is 0.0345. The van der Waals surface area contributed by atoms with Gasteiger partial charge in [-0.05, 0) is 67.4 Å². The van der Waals surface area contributed by atoms with Crippen molar-refractivity contribution in [2.75, 3.05) is 4.72 Å². The van der Waals surface area contributed by atoms with Crippen molar-refractivity contribution in [3.05, 3.63) is 71.7 Å². The first-order chi connectivity index (χ1) is 13.8. The van der Waals surface area contributed by atoms with Crippen LogP contribution in [-0.4, -0.2) is 23.6 Å². The Bertz CT molecular complexity index is 1280. The highest BCUT2D eigenvalue weighted by atomic mass is 32.2. The topological polar surface area (TPSA) is 101 Å². The average Bonchev–Trinajstić information content (AvgIpc) is 3.35. The van der Waals surface area contributed by atoms with Crippen molar-refractivity contribution in [2.24, 2.45) is 0 Å². The maximum atomic E-state index is 13.1. The Labute approximate surface area is 166 Å². The van der Waals surface area contributed by atoms with E-state index in [1.54, 1.807) is 12.1 Å². The Morgan fingerprint density at radius 1 is 0.966 bits per heavy atom. The fourth-order valence-electron chi connectivity index (χ4n) is 2.71. The third-order valence-electron chi connectivity index (χ3n) is 4.47. The van der Waals surface area contributed by atoms with Crippen molar-refractivity contribution in [1.82, 2.24) is 15.2 Å². The largest absolute Gasteiger partial charge is 0.415 e. The van der Waals surface area contributed by atoms with Gasteiger partial charge in [0.05, 0.1) is 0 Å². The number of aryl methyl sites for hydroxylation is 2. The Morgan fingerprint density at radius 2 is 1.69 bits per heavy atom. The van der Waals surface area contributed by atoms with E-state index in [9.17, 15) is 12.8 Å². The number of halogens is 1. The zero-order chi connectivity index (χ0) is 20.6. The molecular weight excluding hydrogens is 395 g/mol. The van der Waals surface area contributed by atoms with Gasteiger partial charge in [0.25, 0.3) is 15.9 Å². The number of nitrogens with zero attached hydrogens (tertiary/aromatic N) is 2. The lowest BCUT2D eigenvalue weighted by molar-refractivity contribution is 0.582. The molecule has 0 aliphatic carbocycles. The van der Waals surface area contributed by atoms with Crippen LogP contribution in [0.3, 0.4) is 0 Å². The van der Waals surface area contributed by atoms with E-state index in [0.29, 0.717) is 16.9 Å². The molecule has 0 spiro atoms. The summed E-state index contributed by atoms with van der Waals surface area (Å²) in [5, 5.41) is 7.85. The zero-order valence-corrected chi connectivity index (χ0v) is 16.4. The van der Waals surface area contributed by atoms with Crippen LogP contribution < -0.4 is 4.72 Å². The van der Waals surface area contributed by atoms with Gasteiger partial charge in [-0.3, -0.25) is 4.72 Å². The smallest absolute Gasteiger partial charge is 0.264 e. The molecule has 0 radical (unpaired) electrons. The molecule has 4 aromatic rings. The van der Waals surface area contributed by atoms with Gasteiger partial charge in [-0.1, -0.05) is 6.07 Å². The van der Waals surface area contributed by atoms with Crippen molar-refractivity contribution in [2.45, 2.75) is 18.7 Å². The van der Waals surface area contributed by atoms with Gasteiger partial charge in [0.1, 0.15) is 16.4 Å². The average molecular weight is 412 g/mol. The summed E-state index contributed by atoms with van der Waals surface area (Å²) in [6, 6.07) is 12.4. The fourth-order valence-corrected chi connectivity index (χ4v) is 3.76. The van der Waals surface area contributed by atoms with Crippen molar-refractivity contribution in [3.8, 4) is 23.0 Å². The number of hydrogen-bond donors (Lipinski definition) is 2. The predicted molar refractivity (Wildman–Crippen MR) is 106 cm³/mol. The van der Waals surface area contributed by atoms with Gasteiger partial charge in [-0.25, -0.2) is 12.8 Å². The van der Waals surface area contributed by atoms with Crippen molar-refractivity contribution in [3.63, 3.8) is 0 Å². The lowest BCUT2D eigenvalue weighted by atomic mass is 10.1. The van der Waals surface area contributed by atoms with E-state index in [-0.39, 0.29) is 22.5 Å². The summed E-state index contributed by atoms with van der Waals surface area (Å²) >= 11 is 0. The number of hydrogen-bond acceptors (Lipinski definition) is 5. The van der Waals surface area contributed by atoms with Crippen LogP contribution in [0.1, 0.15) is 11.1 Å². The predicted octanol–water partition coefficient (Wildman–Crippen LogP) is 4.29. The second kappa shape index (κ2) is 7.17. The highest BCUT2D eigenvalue weighted by Crippen LogP contribution is 2.26. The number of anilines is 1. The lowest BCUT2D eigenvalue weighted by Crippen LogP contribution is -2.12. The molecule has 0 amide bonds. The van der Waals surface area contributed by atoms with E-state index in [1.807, 2.05) is 19.9 Å². The van der Waals surface area contributed by atoms with Crippen LogP contribution in [0.25, 0.3) is 23.0 Å². The zero-order valence-electron chi connectivity index (χ0n) is 15.6. The molecule has 4 rings (SSSR count). The molecule has 0 bridgehead atoms. The van der Waals surface area contributed by atoms with Crippen LogP contribution in [-0.2, 0) is 10.0 Å². The number of benzene rings is 2. The third kappa shape index (κ3) is 3.90. The molecule has 2 heterocycles. The lowest BCUT2D eigenvalue weighted by Gasteiger charge is -2.08. The molecule has 0 atom stereocenters. The number of nitrogens with one attached hydrogen (secondary N) is 2. The molecule has 2 aromatic carbocycles. The van der Waals surface area contributed by atoms with Gasteiger partial charge in [0, 0.05) is 17.4 Å². The van der Waals surface area contributed by atoms with Gasteiger partial charge >= 0.3 is 0 Å². The Balaban J connectivity index is 1.57. The van der Waals surface area contributed by atoms with Gasteiger partial charge < -0.3 is 9.40 Å². The van der Waals surface area contributed by atoms with Crippen LogP contribution in [0.5, 0.6) is 0 Å². The molecule has 2 N–H and O–H groups in total. The van der Waals surface area contributed by atoms with Crippen molar-refractivity contribution in [1.29, 1.82) is 0 Å². The number of rotatable bonds is 5. The summed E-state index contributed by atoms with van der Waals surface area (Å²) in [6.07, 6.45) is 1.35. The molecule has 0 aliphatic heterocycles. The van der Waals surface area contributed by atoms with E-state index in [4.69, 9.17) is 4.42 Å². The highest BCUT2D eigenvalue weighted by Gasteiger charge is 2.19. The van der Waals surface area contributed by atoms with Gasteiger partial charge in [-0.2, -0.15) is 0 Å². The molecule has 7 nitrogen and oxygen atoms in total. The third-order valence-corrected chi connectivity index (χ3v) is 5.83. The number of H-pyrrole nitrogens is 1. The number of sulfonamides is 1. The van der Waals surface area contributed by atoms with Gasteiger partial charge in [0.2, 0.25) is 5.89 Å². The first-order valence-electron chi connectivity index (χ1n) is 8.70. The maximum absolute atomic E-state index is 13.1. The van der Waals surface area contributed by atoms with E-state index < -0.39 is 10.0 Å². The monoisotopic (exact) mass is 412 g/mol. The van der Waals surface area contributed by atoms with Crippen molar-refractivity contribution >= 4 is 15.7 Å². The van der Waals surface area contributed by atoms with Crippen LogP contribution in [0.15, 0.2) is 64.0 Å². The molecule has 29 heavy (non-hydrogen) atoms.